The van der Waals surface area contributed by atoms with E-state index >= 15 is 0 Å². The average Bonchev–Trinajstić information content (AvgIpc) is 2.05. The Kier molecular flexibility index (Phi) is 5.64. The molecule has 12 heavy (non-hydrogen) atoms. The Morgan fingerprint density at radius 2 is 1.58 bits per heavy atom. The summed E-state index contributed by atoms with van der Waals surface area (Å²) in [4.78, 5) is 0. The van der Waals surface area contributed by atoms with Crippen LogP contribution in [0.15, 0.2) is 30.6 Å². The van der Waals surface area contributed by atoms with Crippen LogP contribution in [0, 0.1) is 0 Å². The zero-order valence-corrected chi connectivity index (χ0v) is 8.89. The minimum absolute atomic E-state index is 0. The van der Waals surface area contributed by atoms with Gasteiger partial charge in [0.25, 0.3) is 0 Å². The molecule has 1 aromatic heterocycles. The van der Waals surface area contributed by atoms with E-state index in [9.17, 15) is 0 Å². The van der Waals surface area contributed by atoms with Gasteiger partial charge in [-0.1, -0.05) is 6.07 Å². The van der Waals surface area contributed by atoms with E-state index in [0.29, 0.717) is 0 Å². The van der Waals surface area contributed by atoms with Crippen molar-refractivity contribution in [3.63, 3.8) is 0 Å². The highest BCUT2D eigenvalue weighted by Crippen LogP contribution is 2.13. The molecule has 2 unspecified atom stereocenters. The summed E-state index contributed by atoms with van der Waals surface area (Å²) in [6.45, 7) is 1.87. The Bertz CT molecular complexity index is 213. The summed E-state index contributed by atoms with van der Waals surface area (Å²) < 4.78 is 1.87. The topological polar surface area (TPSA) is 3.88 Å². The molecular weight excluding hydrogens is 216 g/mol. The fourth-order valence-electron chi connectivity index (χ4n) is 0.814. The molecule has 0 aliphatic heterocycles. The maximum Gasteiger partial charge on any atom is 0.248 e. The van der Waals surface area contributed by atoms with Gasteiger partial charge in [-0.25, -0.2) is 0 Å². The van der Waals surface area contributed by atoms with Crippen LogP contribution in [0.3, 0.4) is 0 Å². The number of nitrogens with zero attached hydrogens (tertiary/aromatic N) is 1. The number of pyridine rings is 1. The summed E-state index contributed by atoms with van der Waals surface area (Å²) in [6.07, 6.45) is 3.80. The third kappa shape index (κ3) is 3.18. The third-order valence-corrected chi connectivity index (χ3v) is 2.37. The van der Waals surface area contributed by atoms with Crippen LogP contribution in [0.1, 0.15) is 12.4 Å². The molecule has 68 valence electrons. The molecule has 0 saturated heterocycles. The SMILES string of the molecule is CC(Cl)C(Cl)[n+]1ccccc1.[Cl-]. The number of hydrogen-bond donors (Lipinski definition) is 0. The molecule has 0 N–H and O–H groups in total. The molecule has 0 fully saturated rings. The number of hydrogen-bond acceptors (Lipinski definition) is 0. The van der Waals surface area contributed by atoms with Crippen molar-refractivity contribution in [2.75, 3.05) is 0 Å². The lowest BCUT2D eigenvalue weighted by Gasteiger charge is -2.05. The van der Waals surface area contributed by atoms with E-state index in [4.69, 9.17) is 23.2 Å². The normalized spacial score (nSPS) is 14.6. The molecule has 1 nitrogen and oxygen atoms in total. The highest BCUT2D eigenvalue weighted by Gasteiger charge is 2.19. The summed E-state index contributed by atoms with van der Waals surface area (Å²) >= 11 is 11.8. The fourth-order valence-corrected chi connectivity index (χ4v) is 1.07. The van der Waals surface area contributed by atoms with Gasteiger partial charge in [0.1, 0.15) is 5.38 Å². The van der Waals surface area contributed by atoms with Gasteiger partial charge in [0, 0.05) is 12.1 Å². The van der Waals surface area contributed by atoms with Gasteiger partial charge in [-0.15, -0.1) is 11.6 Å². The number of rotatable bonds is 2. The van der Waals surface area contributed by atoms with Crippen LogP contribution in [0.5, 0.6) is 0 Å². The lowest BCUT2D eigenvalue weighted by Crippen LogP contribution is -3.00. The molecule has 0 spiro atoms. The Morgan fingerprint density at radius 1 is 1.08 bits per heavy atom. The van der Waals surface area contributed by atoms with E-state index in [-0.39, 0.29) is 23.3 Å². The molecule has 0 aliphatic carbocycles. The second-order valence-corrected chi connectivity index (χ2v) is 3.51. The van der Waals surface area contributed by atoms with E-state index in [1.807, 2.05) is 42.1 Å². The van der Waals surface area contributed by atoms with Crippen molar-refractivity contribution in [3.05, 3.63) is 30.6 Å². The second-order valence-electron chi connectivity index (χ2n) is 2.37. The smallest absolute Gasteiger partial charge is 0.248 e. The zero-order chi connectivity index (χ0) is 8.27. The fraction of sp³-hybridized carbons (Fsp3) is 0.375. The number of aromatic nitrogens is 1. The highest BCUT2D eigenvalue weighted by molar-refractivity contribution is 6.27. The van der Waals surface area contributed by atoms with E-state index in [2.05, 4.69) is 0 Å². The maximum atomic E-state index is 5.97. The Hall–Kier alpha value is 0.0200. The van der Waals surface area contributed by atoms with Crippen LogP contribution >= 0.6 is 23.2 Å². The number of alkyl halides is 2. The minimum atomic E-state index is -0.169. The van der Waals surface area contributed by atoms with Crippen molar-refractivity contribution >= 4 is 23.2 Å². The first kappa shape index (κ1) is 12.0. The van der Waals surface area contributed by atoms with Crippen LogP contribution in [-0.2, 0) is 0 Å². The summed E-state index contributed by atoms with van der Waals surface area (Å²) in [5.41, 5.74) is -0.169. The number of halogens is 3. The van der Waals surface area contributed by atoms with Gasteiger partial charge in [0.2, 0.25) is 5.50 Å². The largest absolute Gasteiger partial charge is 1.00 e. The van der Waals surface area contributed by atoms with E-state index in [1.54, 1.807) is 0 Å². The Labute approximate surface area is 88.7 Å². The van der Waals surface area contributed by atoms with E-state index in [1.165, 1.54) is 0 Å². The lowest BCUT2D eigenvalue weighted by molar-refractivity contribution is -0.702. The first-order valence-electron chi connectivity index (χ1n) is 3.46. The predicted molar refractivity (Wildman–Crippen MR) is 46.8 cm³/mol. The van der Waals surface area contributed by atoms with Crippen molar-refractivity contribution < 1.29 is 17.0 Å². The van der Waals surface area contributed by atoms with Crippen molar-refractivity contribution in [1.82, 2.24) is 0 Å². The van der Waals surface area contributed by atoms with Crippen LogP contribution in [0.2, 0.25) is 0 Å². The molecule has 1 heterocycles. The van der Waals surface area contributed by atoms with Crippen LogP contribution in [-0.4, -0.2) is 5.38 Å². The second kappa shape index (κ2) is 5.63. The zero-order valence-electron chi connectivity index (χ0n) is 6.62. The molecule has 1 rings (SSSR count). The monoisotopic (exact) mass is 225 g/mol. The molecule has 2 atom stereocenters. The van der Waals surface area contributed by atoms with Gasteiger partial charge in [0.05, 0.1) is 0 Å². The lowest BCUT2D eigenvalue weighted by atomic mass is 10.4. The van der Waals surface area contributed by atoms with Crippen LogP contribution < -0.4 is 17.0 Å². The van der Waals surface area contributed by atoms with Gasteiger partial charge in [-0.3, -0.25) is 0 Å². The standard InChI is InChI=1S/C8H10Cl2N.ClH/c1-7(9)8(10)11-5-3-2-4-6-11;/h2-8H,1H3;1H/q+1;/p-1. The molecule has 1 aromatic rings. The summed E-state index contributed by atoms with van der Waals surface area (Å²) in [6, 6.07) is 5.79. The Balaban J connectivity index is 0.00000121. The van der Waals surface area contributed by atoms with Gasteiger partial charge in [-0.05, 0) is 18.5 Å². The molecule has 0 amide bonds. The summed E-state index contributed by atoms with van der Waals surface area (Å²) in [5.74, 6) is 0. The van der Waals surface area contributed by atoms with Gasteiger partial charge < -0.3 is 12.4 Å². The van der Waals surface area contributed by atoms with E-state index in [0.717, 1.165) is 0 Å². The van der Waals surface area contributed by atoms with Crippen molar-refractivity contribution in [2.45, 2.75) is 17.8 Å². The summed E-state index contributed by atoms with van der Waals surface area (Å²) in [5, 5.41) is -0.0657. The maximum absolute atomic E-state index is 5.97. The molecule has 0 bridgehead atoms. The molecule has 0 radical (unpaired) electrons. The van der Waals surface area contributed by atoms with Crippen molar-refractivity contribution in [1.29, 1.82) is 0 Å². The van der Waals surface area contributed by atoms with Crippen molar-refractivity contribution in [3.8, 4) is 0 Å². The van der Waals surface area contributed by atoms with Crippen LogP contribution in [0.25, 0.3) is 0 Å². The molecule has 0 aliphatic rings. The molecule has 0 saturated carbocycles. The molecule has 4 heteroatoms. The quantitative estimate of drug-likeness (QED) is 0.466. The first-order chi connectivity index (χ1) is 5.22. The first-order valence-corrected chi connectivity index (χ1v) is 4.33. The summed E-state index contributed by atoms with van der Waals surface area (Å²) in [7, 11) is 0. The highest BCUT2D eigenvalue weighted by atomic mass is 35.5. The molecule has 0 aromatic carbocycles. The molecular formula is C8H10Cl3N. The van der Waals surface area contributed by atoms with Crippen LogP contribution in [0.4, 0.5) is 0 Å². The third-order valence-electron chi connectivity index (χ3n) is 1.40. The van der Waals surface area contributed by atoms with Crippen molar-refractivity contribution in [2.24, 2.45) is 0 Å². The van der Waals surface area contributed by atoms with Gasteiger partial charge >= 0.3 is 0 Å². The minimum Gasteiger partial charge on any atom is -1.00 e. The van der Waals surface area contributed by atoms with Gasteiger partial charge in [-0.2, -0.15) is 4.57 Å². The Morgan fingerprint density at radius 3 is 2.00 bits per heavy atom. The predicted octanol–water partition coefficient (Wildman–Crippen LogP) is -0.657. The van der Waals surface area contributed by atoms with Gasteiger partial charge in [0.15, 0.2) is 12.4 Å². The van der Waals surface area contributed by atoms with E-state index < -0.39 is 0 Å². The average molecular weight is 227 g/mol.